The number of likely N-dealkylation sites (N-methyl/N-ethyl adjacent to an activating group) is 2. The van der Waals surface area contributed by atoms with E-state index in [4.69, 9.17) is 19.4 Å². The van der Waals surface area contributed by atoms with Crippen molar-refractivity contribution in [2.75, 3.05) is 61.0 Å². The molecule has 15 nitrogen and oxygen atoms in total. The quantitative estimate of drug-likeness (QED) is 0.120. The number of carbonyl (C=O) groups is 4. The monoisotopic (exact) mass is 936 g/mol. The van der Waals surface area contributed by atoms with E-state index in [-0.39, 0.29) is 42.9 Å². The van der Waals surface area contributed by atoms with E-state index in [1.807, 2.05) is 56.2 Å². The molecule has 0 spiro atoms. The average Bonchev–Trinajstić information content (AvgIpc) is 3.49. The number of hydrazine groups is 1. The molecular formula is C49H66N9O6SSi. The van der Waals surface area contributed by atoms with Crippen LogP contribution in [-0.4, -0.2) is 158 Å². The Morgan fingerprint density at radius 2 is 1.91 bits per heavy atom. The van der Waals surface area contributed by atoms with E-state index in [0.29, 0.717) is 50.4 Å². The Morgan fingerprint density at radius 3 is 2.62 bits per heavy atom. The minimum Gasteiger partial charge on any atom is -0.464 e. The molecule has 8 rings (SSSR count). The number of ether oxygens (including phenoxy) is 2. The van der Waals surface area contributed by atoms with Gasteiger partial charge in [0.05, 0.1) is 50.7 Å². The molecule has 7 heterocycles. The number of amides is 4. The van der Waals surface area contributed by atoms with Gasteiger partial charge in [-0.15, -0.1) is 11.3 Å². The molecule has 66 heavy (non-hydrogen) atoms. The molecule has 0 aliphatic carbocycles. The topological polar surface area (TPSA) is 145 Å². The molecule has 353 valence electrons. The maximum Gasteiger partial charge on any atom is 0.329 e. The lowest BCUT2D eigenvalue weighted by Gasteiger charge is -2.37. The molecule has 6 bridgehead atoms. The predicted octanol–water partition coefficient (Wildman–Crippen LogP) is 5.68. The van der Waals surface area contributed by atoms with Crippen LogP contribution in [0.25, 0.3) is 33.4 Å². The number of cyclic esters (lactones) is 1. The zero-order chi connectivity index (χ0) is 47.5. The summed E-state index contributed by atoms with van der Waals surface area (Å²) in [6, 6.07) is 8.45. The van der Waals surface area contributed by atoms with E-state index < -0.39 is 34.2 Å². The Labute approximate surface area is 396 Å². The fourth-order valence-electron chi connectivity index (χ4n) is 10.6. The highest BCUT2D eigenvalue weighted by Crippen LogP contribution is 2.46. The van der Waals surface area contributed by atoms with Crippen molar-refractivity contribution >= 4 is 56.3 Å². The molecule has 4 aromatic rings. The number of fused-ring (bicyclic) bond motifs is 4. The number of urea groups is 1. The van der Waals surface area contributed by atoms with Crippen molar-refractivity contribution in [2.24, 2.45) is 11.3 Å². The Kier molecular flexibility index (Phi) is 13.3. The van der Waals surface area contributed by atoms with Gasteiger partial charge in [0.15, 0.2) is 5.54 Å². The third-order valence-electron chi connectivity index (χ3n) is 14.0. The smallest absolute Gasteiger partial charge is 0.329 e. The number of esters is 1. The van der Waals surface area contributed by atoms with Crippen LogP contribution in [0.2, 0.25) is 0 Å². The van der Waals surface area contributed by atoms with Gasteiger partial charge in [-0.25, -0.2) is 14.6 Å². The van der Waals surface area contributed by atoms with Crippen molar-refractivity contribution < 1.29 is 28.7 Å². The maximum absolute atomic E-state index is 14.9. The second-order valence-electron chi connectivity index (χ2n) is 20.2. The molecule has 1 unspecified atom stereocenters. The third-order valence-corrected chi connectivity index (χ3v) is 15.3. The number of likely N-dealkylation sites (tertiary alicyclic amines) is 1. The molecule has 6 atom stereocenters. The van der Waals surface area contributed by atoms with Crippen LogP contribution >= 0.6 is 11.3 Å². The van der Waals surface area contributed by atoms with Crippen molar-refractivity contribution in [3.63, 3.8) is 0 Å². The molecule has 1 N–H and O–H groups in total. The largest absolute Gasteiger partial charge is 0.464 e. The molecule has 3 radical (unpaired) electrons. The maximum atomic E-state index is 14.9. The standard InChI is InChI=1S/C49H66N9O6SSi/c1-11-55-38-18-17-31-23-34(38)35(41(55)33-16-12-20-50-42(33)48(6,66)63-10)25-47(4,5)29-64-45(61)49-19-14-22-57(58(49)28-49)44(60)36(24-39-51-37(31)27-65-39)52-43(59)40(30(2)3)54(9)46(62)56-21-13-15-32(56)26-53(7)8/h12,16-18,20,23,27,30,32,36,40H,11,13-15,19,21-22,24-26,28-29H2,1-10H3,(H,52,59)/t32-,36+,40+,48-,49+,58?/m1/s1. The predicted molar refractivity (Wildman–Crippen MR) is 257 cm³/mol. The van der Waals surface area contributed by atoms with Crippen LogP contribution in [-0.2, 0) is 48.5 Å². The van der Waals surface area contributed by atoms with Gasteiger partial charge in [0.25, 0.3) is 5.91 Å². The second-order valence-corrected chi connectivity index (χ2v) is 22.1. The number of rotatable bonds is 10. The molecular weight excluding hydrogens is 871 g/mol. The summed E-state index contributed by atoms with van der Waals surface area (Å²) in [7, 11) is 11.2. The lowest BCUT2D eigenvalue weighted by atomic mass is 9.84. The van der Waals surface area contributed by atoms with Gasteiger partial charge >= 0.3 is 12.0 Å². The van der Waals surface area contributed by atoms with Crippen LogP contribution in [0.4, 0.5) is 4.79 Å². The van der Waals surface area contributed by atoms with Crippen molar-refractivity contribution in [2.45, 2.75) is 116 Å². The van der Waals surface area contributed by atoms with E-state index in [0.717, 1.165) is 64.1 Å². The molecule has 3 fully saturated rings. The summed E-state index contributed by atoms with van der Waals surface area (Å²) in [5.41, 5.74) is 5.06. The molecule has 4 aliphatic rings. The summed E-state index contributed by atoms with van der Waals surface area (Å²) in [4.78, 5) is 73.4. The number of thiazole rings is 1. The number of aryl methyl sites for hydroxylation is 1. The van der Waals surface area contributed by atoms with Crippen molar-refractivity contribution in [1.82, 2.24) is 44.6 Å². The Balaban J connectivity index is 1.19. The average molecular weight is 937 g/mol. The number of pyridine rings is 1. The SMILES string of the molecule is CCn1c(-c2cccnc2[C@@](C)([Si])OC)c2c3cc(ccc31)-c1csc(n1)C[C@H](NC(=O)[C@H](C(C)C)N(C)C(=O)N1CCC[C@@H]1CN(C)C)C(=O)N1CCC[C@]3(CN13)C(=O)OCC(C)(C)C2. The number of aromatic nitrogens is 3. The summed E-state index contributed by atoms with van der Waals surface area (Å²) in [5, 5.41) is 9.46. The summed E-state index contributed by atoms with van der Waals surface area (Å²) in [5.74, 6) is -1.33. The number of hydrogen-bond acceptors (Lipinski definition) is 11. The zero-order valence-corrected chi connectivity index (χ0v) is 42.1. The first-order valence-corrected chi connectivity index (χ1v) is 24.8. The second kappa shape index (κ2) is 18.4. The van der Waals surface area contributed by atoms with Crippen molar-refractivity contribution in [1.29, 1.82) is 0 Å². The number of hydrogen-bond donors (Lipinski definition) is 1. The zero-order valence-electron chi connectivity index (χ0n) is 40.3. The first kappa shape index (κ1) is 47.8. The van der Waals surface area contributed by atoms with Gasteiger partial charge in [0.1, 0.15) is 12.1 Å². The van der Waals surface area contributed by atoms with Crippen molar-refractivity contribution in [3.05, 3.63) is 58.2 Å². The Bertz CT molecular complexity index is 2500. The summed E-state index contributed by atoms with van der Waals surface area (Å²) in [6.45, 7) is 15.1. The van der Waals surface area contributed by atoms with E-state index in [1.54, 1.807) is 30.3 Å². The van der Waals surface area contributed by atoms with E-state index in [1.165, 1.54) is 11.3 Å². The first-order chi connectivity index (χ1) is 31.3. The van der Waals surface area contributed by atoms with Crippen molar-refractivity contribution in [3.8, 4) is 22.5 Å². The van der Waals surface area contributed by atoms with Gasteiger partial charge in [-0.1, -0.05) is 33.8 Å². The van der Waals surface area contributed by atoms with Gasteiger partial charge in [0.2, 0.25) is 5.91 Å². The van der Waals surface area contributed by atoms with E-state index >= 15 is 0 Å². The summed E-state index contributed by atoms with van der Waals surface area (Å²) < 4.78 is 14.5. The van der Waals surface area contributed by atoms with Gasteiger partial charge in [0, 0.05) is 91.8 Å². The van der Waals surface area contributed by atoms with Crippen LogP contribution in [0, 0.1) is 11.3 Å². The molecule has 4 amide bonds. The van der Waals surface area contributed by atoms with Crippen LogP contribution in [0.3, 0.4) is 0 Å². The van der Waals surface area contributed by atoms with Gasteiger partial charge in [-0.2, -0.15) is 5.01 Å². The fourth-order valence-corrected chi connectivity index (χ4v) is 11.6. The van der Waals surface area contributed by atoms with Crippen LogP contribution in [0.5, 0.6) is 0 Å². The fraction of sp³-hybridized carbons (Fsp3) is 0.592. The summed E-state index contributed by atoms with van der Waals surface area (Å²) in [6.07, 6.45) is 5.45. The molecule has 4 aliphatic heterocycles. The third kappa shape index (κ3) is 8.93. The minimum atomic E-state index is -1.02. The first-order valence-electron chi connectivity index (χ1n) is 23.4. The van der Waals surface area contributed by atoms with Gasteiger partial charge in [-0.3, -0.25) is 19.6 Å². The molecule has 3 saturated heterocycles. The number of benzene rings is 1. The Hall–Kier alpha value is -4.68. The highest BCUT2D eigenvalue weighted by atomic mass is 32.1. The molecule has 1 aromatic carbocycles. The lowest BCUT2D eigenvalue weighted by molar-refractivity contribution is -0.161. The number of carbonyl (C=O) groups excluding carboxylic acids is 4. The number of nitrogens with zero attached hydrogens (tertiary/aromatic N) is 8. The van der Waals surface area contributed by atoms with E-state index in [9.17, 15) is 19.2 Å². The lowest BCUT2D eigenvalue weighted by Crippen LogP contribution is -2.60. The normalized spacial score (nSPS) is 24.5. The molecule has 17 heteroatoms. The highest BCUT2D eigenvalue weighted by molar-refractivity contribution is 7.10. The van der Waals surface area contributed by atoms with Crippen LogP contribution < -0.4 is 5.32 Å². The molecule has 0 saturated carbocycles. The summed E-state index contributed by atoms with van der Waals surface area (Å²) >= 11 is 1.44. The van der Waals surface area contributed by atoms with Gasteiger partial charge < -0.3 is 34.1 Å². The highest BCUT2D eigenvalue weighted by Gasteiger charge is 2.65. The number of nitrogens with one attached hydrogen (secondary N) is 1. The van der Waals surface area contributed by atoms with E-state index in [2.05, 4.69) is 70.1 Å². The molecule has 3 aromatic heterocycles. The van der Waals surface area contributed by atoms with Crippen LogP contribution in [0.15, 0.2) is 41.9 Å². The number of methoxy groups -OCH3 is 1. The minimum absolute atomic E-state index is 0.0549. The van der Waals surface area contributed by atoms with Crippen LogP contribution in [0.1, 0.15) is 83.5 Å². The Morgan fingerprint density at radius 1 is 1.14 bits per heavy atom. The van der Waals surface area contributed by atoms with Gasteiger partial charge in [-0.05, 0) is 95.8 Å².